The Balaban J connectivity index is 1.35. The van der Waals surface area contributed by atoms with Crippen LogP contribution in [0.25, 0.3) is 23.1 Å². The van der Waals surface area contributed by atoms with Crippen molar-refractivity contribution in [1.29, 1.82) is 0 Å². The second kappa shape index (κ2) is 8.44. The van der Waals surface area contributed by atoms with Gasteiger partial charge in [0, 0.05) is 31.1 Å². The van der Waals surface area contributed by atoms with E-state index >= 15 is 0 Å². The maximum Gasteiger partial charge on any atom is 0.231 e. The predicted octanol–water partition coefficient (Wildman–Crippen LogP) is 4.06. The molecule has 2 aromatic carbocycles. The van der Waals surface area contributed by atoms with E-state index < -0.39 is 11.2 Å². The van der Waals surface area contributed by atoms with Crippen LogP contribution in [0.15, 0.2) is 36.4 Å². The lowest BCUT2D eigenvalue weighted by atomic mass is 10.0. The lowest BCUT2D eigenvalue weighted by molar-refractivity contribution is -0.122. The number of H-pyrrole nitrogens is 1. The van der Waals surface area contributed by atoms with Crippen LogP contribution in [0.4, 0.5) is 14.5 Å². The van der Waals surface area contributed by atoms with Gasteiger partial charge in [-0.15, -0.1) is 0 Å². The van der Waals surface area contributed by atoms with Crippen LogP contribution in [-0.4, -0.2) is 53.9 Å². The summed E-state index contributed by atoms with van der Waals surface area (Å²) < 4.78 is 33.2. The predicted molar refractivity (Wildman–Crippen MR) is 119 cm³/mol. The number of aromatic amines is 1. The molecule has 1 aliphatic carbocycles. The number of carbonyl (C=O) groups excluding carboxylic acids is 1. The number of amides is 1. The molecule has 1 saturated heterocycles. The van der Waals surface area contributed by atoms with Gasteiger partial charge in [-0.2, -0.15) is 5.10 Å². The van der Waals surface area contributed by atoms with Gasteiger partial charge in [0.15, 0.2) is 0 Å². The van der Waals surface area contributed by atoms with E-state index in [-0.39, 0.29) is 17.4 Å². The van der Waals surface area contributed by atoms with Crippen molar-refractivity contribution in [2.75, 3.05) is 38.2 Å². The van der Waals surface area contributed by atoms with Gasteiger partial charge in [0.2, 0.25) is 5.91 Å². The van der Waals surface area contributed by atoms with E-state index in [0.29, 0.717) is 36.4 Å². The highest BCUT2D eigenvalue weighted by Gasteiger charge is 2.51. The Morgan fingerprint density at radius 3 is 2.62 bits per heavy atom. The van der Waals surface area contributed by atoms with Crippen LogP contribution in [-0.2, 0) is 9.53 Å². The molecule has 5 rings (SSSR count). The number of anilines is 1. The number of ether oxygens (including phenoxy) is 1. The molecule has 6 nitrogen and oxygen atoms in total. The minimum absolute atomic E-state index is 0.144. The number of halogens is 2. The van der Waals surface area contributed by atoms with E-state index in [2.05, 4.69) is 20.4 Å². The molecule has 166 valence electrons. The largest absolute Gasteiger partial charge is 0.379 e. The van der Waals surface area contributed by atoms with Crippen molar-refractivity contribution in [3.8, 4) is 0 Å². The first kappa shape index (κ1) is 20.8. The van der Waals surface area contributed by atoms with Crippen molar-refractivity contribution in [1.82, 2.24) is 15.1 Å². The Bertz CT molecular complexity index is 1160. The number of nitrogens with one attached hydrogen (secondary N) is 2. The van der Waals surface area contributed by atoms with Crippen molar-refractivity contribution in [2.45, 2.75) is 12.8 Å². The average molecular weight is 438 g/mol. The molecule has 0 atom stereocenters. The summed E-state index contributed by atoms with van der Waals surface area (Å²) in [5.74, 6) is -0.954. The molecular formula is C24H24F2N4O2. The number of morpholine rings is 1. The van der Waals surface area contributed by atoms with E-state index in [0.717, 1.165) is 31.5 Å². The third-order valence-electron chi connectivity index (χ3n) is 6.20. The molecule has 2 N–H and O–H groups in total. The summed E-state index contributed by atoms with van der Waals surface area (Å²) in [5.41, 5.74) is 1.65. The molecular weight excluding hydrogens is 414 g/mol. The molecule has 0 spiro atoms. The van der Waals surface area contributed by atoms with E-state index in [1.807, 2.05) is 0 Å². The molecule has 2 fully saturated rings. The van der Waals surface area contributed by atoms with Gasteiger partial charge in [-0.1, -0.05) is 18.2 Å². The van der Waals surface area contributed by atoms with Crippen LogP contribution in [0.1, 0.15) is 24.1 Å². The fraction of sp³-hybridized carbons (Fsp3) is 0.333. The molecule has 0 bridgehead atoms. The molecule has 1 aliphatic heterocycles. The number of benzene rings is 2. The molecule has 2 heterocycles. The summed E-state index contributed by atoms with van der Waals surface area (Å²) in [6.07, 6.45) is 5.18. The van der Waals surface area contributed by atoms with Gasteiger partial charge in [0.1, 0.15) is 11.6 Å². The molecule has 1 aromatic heterocycles. The molecule has 8 heteroatoms. The normalized spacial score (nSPS) is 18.3. The summed E-state index contributed by atoms with van der Waals surface area (Å²) in [6, 6.07) is 9.05. The third kappa shape index (κ3) is 4.28. The first-order chi connectivity index (χ1) is 15.5. The monoisotopic (exact) mass is 438 g/mol. The van der Waals surface area contributed by atoms with Crippen molar-refractivity contribution in [2.24, 2.45) is 5.41 Å². The Labute approximate surface area is 184 Å². The number of hydrogen-bond donors (Lipinski definition) is 2. The van der Waals surface area contributed by atoms with Crippen LogP contribution in [0.5, 0.6) is 0 Å². The summed E-state index contributed by atoms with van der Waals surface area (Å²) >= 11 is 0. The second-order valence-corrected chi connectivity index (χ2v) is 8.49. The molecule has 32 heavy (non-hydrogen) atoms. The van der Waals surface area contributed by atoms with Crippen LogP contribution < -0.4 is 5.32 Å². The highest BCUT2D eigenvalue weighted by molar-refractivity contribution is 6.00. The highest BCUT2D eigenvalue weighted by atomic mass is 19.1. The van der Waals surface area contributed by atoms with E-state index in [4.69, 9.17) is 4.74 Å². The lowest BCUT2D eigenvalue weighted by Gasteiger charge is -2.30. The molecule has 0 radical (unpaired) electrons. The number of fused-ring (bicyclic) bond motifs is 1. The number of hydrogen-bond acceptors (Lipinski definition) is 4. The number of nitrogens with zero attached hydrogens (tertiary/aromatic N) is 2. The van der Waals surface area contributed by atoms with Crippen LogP contribution in [0.2, 0.25) is 0 Å². The summed E-state index contributed by atoms with van der Waals surface area (Å²) in [7, 11) is 0. The van der Waals surface area contributed by atoms with E-state index in [1.54, 1.807) is 30.4 Å². The third-order valence-corrected chi connectivity index (χ3v) is 6.20. The molecule has 3 aromatic rings. The van der Waals surface area contributed by atoms with Crippen molar-refractivity contribution in [3.05, 3.63) is 59.3 Å². The Morgan fingerprint density at radius 2 is 1.91 bits per heavy atom. The maximum atomic E-state index is 14.7. The zero-order chi connectivity index (χ0) is 22.1. The van der Waals surface area contributed by atoms with Gasteiger partial charge < -0.3 is 10.1 Å². The Kier molecular flexibility index (Phi) is 5.48. The van der Waals surface area contributed by atoms with Crippen molar-refractivity contribution >= 4 is 34.6 Å². The van der Waals surface area contributed by atoms with Gasteiger partial charge in [0.25, 0.3) is 0 Å². The molecule has 1 saturated carbocycles. The zero-order valence-corrected chi connectivity index (χ0v) is 17.5. The summed E-state index contributed by atoms with van der Waals surface area (Å²) in [6.45, 7) is 3.65. The van der Waals surface area contributed by atoms with Crippen LogP contribution >= 0.6 is 0 Å². The first-order valence-corrected chi connectivity index (χ1v) is 10.8. The Hall–Kier alpha value is -3.10. The average Bonchev–Trinajstić information content (AvgIpc) is 3.48. The van der Waals surface area contributed by atoms with Gasteiger partial charge in [-0.25, -0.2) is 8.78 Å². The Morgan fingerprint density at radius 1 is 1.16 bits per heavy atom. The number of rotatable bonds is 6. The highest BCUT2D eigenvalue weighted by Crippen LogP contribution is 2.47. The van der Waals surface area contributed by atoms with Crippen molar-refractivity contribution in [3.63, 3.8) is 0 Å². The second-order valence-electron chi connectivity index (χ2n) is 8.49. The first-order valence-electron chi connectivity index (χ1n) is 10.8. The van der Waals surface area contributed by atoms with Gasteiger partial charge in [-0.05, 0) is 42.7 Å². The molecule has 1 amide bonds. The van der Waals surface area contributed by atoms with E-state index in [9.17, 15) is 13.6 Å². The smallest absolute Gasteiger partial charge is 0.231 e. The standard InChI is InChI=1S/C24H24F2N4O2/c25-17-4-1-16(2-5-17)3-6-20-18-13-22(19(26)14-21(18)29-28-20)27-23(31)24(7-8-24)15-30-9-11-32-12-10-30/h1-6,13-14H,7-12,15H2,(H,27,31)(H,28,29)/b6-3+. The SMILES string of the molecule is O=C(Nc1cc2c(/C=C/c3ccc(F)cc3)n[nH]c2cc1F)C1(CN2CCOCC2)CC1. The fourth-order valence-electron chi connectivity index (χ4n) is 4.08. The van der Waals surface area contributed by atoms with Gasteiger partial charge >= 0.3 is 0 Å². The summed E-state index contributed by atoms with van der Waals surface area (Å²) in [5, 5.41) is 10.6. The number of carbonyl (C=O) groups is 1. The van der Waals surface area contributed by atoms with Crippen LogP contribution in [0.3, 0.4) is 0 Å². The topological polar surface area (TPSA) is 70.2 Å². The van der Waals surface area contributed by atoms with Gasteiger partial charge in [0.05, 0.1) is 35.5 Å². The van der Waals surface area contributed by atoms with E-state index in [1.165, 1.54) is 18.2 Å². The maximum absolute atomic E-state index is 14.7. The quantitative estimate of drug-likeness (QED) is 0.609. The number of aromatic nitrogens is 2. The fourth-order valence-corrected chi connectivity index (χ4v) is 4.08. The molecule has 0 unspecified atom stereocenters. The van der Waals surface area contributed by atoms with Gasteiger partial charge in [-0.3, -0.25) is 14.8 Å². The zero-order valence-electron chi connectivity index (χ0n) is 17.5. The molecule has 2 aliphatic rings. The summed E-state index contributed by atoms with van der Waals surface area (Å²) in [4.78, 5) is 15.3. The minimum atomic E-state index is -0.509. The lowest BCUT2D eigenvalue weighted by Crippen LogP contribution is -2.43. The minimum Gasteiger partial charge on any atom is -0.379 e. The van der Waals surface area contributed by atoms with Crippen LogP contribution in [0, 0.1) is 17.0 Å². The van der Waals surface area contributed by atoms with Crippen molar-refractivity contribution < 1.29 is 18.3 Å².